The van der Waals surface area contributed by atoms with Crippen molar-refractivity contribution in [2.24, 2.45) is 0 Å². The number of nitrogens with one attached hydrogen (secondary N) is 1. The van der Waals surface area contributed by atoms with E-state index >= 15 is 0 Å². The summed E-state index contributed by atoms with van der Waals surface area (Å²) in [7, 11) is -2.11. The number of sulfonamides is 1. The number of rotatable bonds is 7. The smallest absolute Gasteiger partial charge is 0.291 e. The molecule has 8 heteroatoms. The Balaban J connectivity index is 1.92. The van der Waals surface area contributed by atoms with Crippen molar-refractivity contribution in [2.75, 3.05) is 25.5 Å². The minimum atomic E-state index is -3.64. The Morgan fingerprint density at radius 3 is 2.52 bits per heavy atom. The Hall–Kier alpha value is -2.84. The SMILES string of the molecule is CCN(CC)S(=O)(=O)c1cc(NC(=O)c2cc3cccc(OC)c3o2)ccc1C. The predicted octanol–water partition coefficient (Wildman–Crippen LogP) is 4.03. The third kappa shape index (κ3) is 3.99. The zero-order valence-electron chi connectivity index (χ0n) is 16.9. The van der Waals surface area contributed by atoms with Gasteiger partial charge in [0.1, 0.15) is 0 Å². The van der Waals surface area contributed by atoms with Crippen LogP contribution in [0, 0.1) is 6.92 Å². The number of carbonyl (C=O) groups is 1. The van der Waals surface area contributed by atoms with E-state index in [4.69, 9.17) is 9.15 Å². The summed E-state index contributed by atoms with van der Waals surface area (Å²) in [6.07, 6.45) is 0. The lowest BCUT2D eigenvalue weighted by Gasteiger charge is -2.20. The highest BCUT2D eigenvalue weighted by Gasteiger charge is 2.24. The first-order chi connectivity index (χ1) is 13.8. The molecular weight excluding hydrogens is 392 g/mol. The van der Waals surface area contributed by atoms with Gasteiger partial charge < -0.3 is 14.5 Å². The van der Waals surface area contributed by atoms with Gasteiger partial charge in [0.2, 0.25) is 10.0 Å². The van der Waals surface area contributed by atoms with Crippen molar-refractivity contribution in [2.45, 2.75) is 25.7 Å². The summed E-state index contributed by atoms with van der Waals surface area (Å²) in [6.45, 7) is 6.05. The molecule has 0 bridgehead atoms. The lowest BCUT2D eigenvalue weighted by molar-refractivity contribution is 0.0998. The Morgan fingerprint density at radius 1 is 1.14 bits per heavy atom. The standard InChI is InChI=1S/C21H24N2O5S/c1-5-23(6-2)29(25,26)19-13-16(11-10-14(19)3)22-21(24)18-12-15-8-7-9-17(27-4)20(15)28-18/h7-13H,5-6H2,1-4H3,(H,22,24). The van der Waals surface area contributed by atoms with Crippen molar-refractivity contribution >= 4 is 32.6 Å². The van der Waals surface area contributed by atoms with Crippen LogP contribution in [0.4, 0.5) is 5.69 Å². The molecule has 3 aromatic rings. The van der Waals surface area contributed by atoms with Gasteiger partial charge in [-0.2, -0.15) is 4.31 Å². The van der Waals surface area contributed by atoms with Crippen LogP contribution in [0.2, 0.25) is 0 Å². The van der Waals surface area contributed by atoms with Gasteiger partial charge in [-0.25, -0.2) is 8.42 Å². The van der Waals surface area contributed by atoms with Crippen LogP contribution in [-0.4, -0.2) is 38.8 Å². The maximum atomic E-state index is 12.9. The Bertz CT molecular complexity index is 1150. The van der Waals surface area contributed by atoms with Gasteiger partial charge in [0.15, 0.2) is 17.1 Å². The molecule has 1 amide bonds. The van der Waals surface area contributed by atoms with Crippen molar-refractivity contribution in [3.8, 4) is 5.75 Å². The van der Waals surface area contributed by atoms with Crippen LogP contribution >= 0.6 is 0 Å². The van der Waals surface area contributed by atoms with E-state index in [-0.39, 0.29) is 10.7 Å². The summed E-state index contributed by atoms with van der Waals surface area (Å²) >= 11 is 0. The molecule has 154 valence electrons. The van der Waals surface area contributed by atoms with Crippen LogP contribution in [0.3, 0.4) is 0 Å². The fraction of sp³-hybridized carbons (Fsp3) is 0.286. The molecule has 0 aliphatic heterocycles. The molecule has 0 unspecified atom stereocenters. The number of anilines is 1. The minimum absolute atomic E-state index is 0.109. The van der Waals surface area contributed by atoms with E-state index < -0.39 is 15.9 Å². The topological polar surface area (TPSA) is 88.9 Å². The molecule has 0 aliphatic rings. The molecule has 29 heavy (non-hydrogen) atoms. The van der Waals surface area contributed by atoms with E-state index in [2.05, 4.69) is 5.32 Å². The summed E-state index contributed by atoms with van der Waals surface area (Å²) in [5.74, 6) is 0.168. The first-order valence-electron chi connectivity index (χ1n) is 9.30. The third-order valence-corrected chi connectivity index (χ3v) is 6.91. The number of para-hydroxylation sites is 1. The van der Waals surface area contributed by atoms with E-state index in [1.54, 1.807) is 45.0 Å². The lowest BCUT2D eigenvalue weighted by Crippen LogP contribution is -2.31. The highest BCUT2D eigenvalue weighted by molar-refractivity contribution is 7.89. The summed E-state index contributed by atoms with van der Waals surface area (Å²) in [4.78, 5) is 12.8. The number of ether oxygens (including phenoxy) is 1. The number of methoxy groups -OCH3 is 1. The van der Waals surface area contributed by atoms with Crippen molar-refractivity contribution in [1.82, 2.24) is 4.31 Å². The summed E-state index contributed by atoms with van der Waals surface area (Å²) in [5, 5.41) is 3.45. The first kappa shape index (κ1) is 20.9. The maximum Gasteiger partial charge on any atom is 0.291 e. The second-order valence-electron chi connectivity index (χ2n) is 6.51. The first-order valence-corrected chi connectivity index (χ1v) is 10.7. The molecule has 0 aliphatic carbocycles. The Kier molecular flexibility index (Phi) is 5.95. The molecule has 7 nitrogen and oxygen atoms in total. The third-order valence-electron chi connectivity index (χ3n) is 4.72. The van der Waals surface area contributed by atoms with Crippen LogP contribution in [0.5, 0.6) is 5.75 Å². The molecule has 0 radical (unpaired) electrons. The van der Waals surface area contributed by atoms with Crippen molar-refractivity contribution < 1.29 is 22.4 Å². The molecule has 3 rings (SSSR count). The number of amides is 1. The van der Waals surface area contributed by atoms with Crippen LogP contribution in [0.15, 0.2) is 51.8 Å². The van der Waals surface area contributed by atoms with Gasteiger partial charge in [-0.05, 0) is 36.8 Å². The largest absolute Gasteiger partial charge is 0.493 e. The molecule has 1 N–H and O–H groups in total. The van der Waals surface area contributed by atoms with Crippen LogP contribution in [-0.2, 0) is 10.0 Å². The highest BCUT2D eigenvalue weighted by Crippen LogP contribution is 2.29. The van der Waals surface area contributed by atoms with E-state index in [1.807, 2.05) is 12.1 Å². The second-order valence-corrected chi connectivity index (χ2v) is 8.42. The number of aryl methyl sites for hydroxylation is 1. The normalized spacial score (nSPS) is 11.8. The minimum Gasteiger partial charge on any atom is -0.493 e. The molecule has 2 aromatic carbocycles. The van der Waals surface area contributed by atoms with Crippen molar-refractivity contribution in [3.63, 3.8) is 0 Å². The fourth-order valence-electron chi connectivity index (χ4n) is 3.16. The van der Waals surface area contributed by atoms with Crippen LogP contribution < -0.4 is 10.1 Å². The molecule has 0 spiro atoms. The average molecular weight is 416 g/mol. The second kappa shape index (κ2) is 8.26. The van der Waals surface area contributed by atoms with Gasteiger partial charge >= 0.3 is 0 Å². The van der Waals surface area contributed by atoms with Crippen molar-refractivity contribution in [1.29, 1.82) is 0 Å². The zero-order valence-corrected chi connectivity index (χ0v) is 17.7. The molecule has 0 saturated heterocycles. The van der Waals surface area contributed by atoms with E-state index in [9.17, 15) is 13.2 Å². The number of hydrogen-bond donors (Lipinski definition) is 1. The van der Waals surface area contributed by atoms with Gasteiger partial charge in [-0.15, -0.1) is 0 Å². The molecule has 0 fully saturated rings. The Morgan fingerprint density at radius 2 is 1.86 bits per heavy atom. The van der Waals surface area contributed by atoms with Gasteiger partial charge in [-0.3, -0.25) is 4.79 Å². The average Bonchev–Trinajstić information content (AvgIpc) is 3.14. The highest BCUT2D eigenvalue weighted by atomic mass is 32.2. The molecular formula is C21H24N2O5S. The fourth-order valence-corrected chi connectivity index (χ4v) is 4.87. The quantitative estimate of drug-likeness (QED) is 0.628. The van der Waals surface area contributed by atoms with Gasteiger partial charge in [0.05, 0.1) is 12.0 Å². The number of benzene rings is 2. The maximum absolute atomic E-state index is 12.9. The number of nitrogens with zero attached hydrogens (tertiary/aromatic N) is 1. The van der Waals surface area contributed by atoms with Gasteiger partial charge in [0.25, 0.3) is 5.91 Å². The van der Waals surface area contributed by atoms with Crippen LogP contribution in [0.1, 0.15) is 30.0 Å². The number of furan rings is 1. The monoisotopic (exact) mass is 416 g/mol. The summed E-state index contributed by atoms with van der Waals surface area (Å²) in [5.41, 5.74) is 1.47. The lowest BCUT2D eigenvalue weighted by atomic mass is 10.2. The van der Waals surface area contributed by atoms with E-state index in [0.717, 1.165) is 5.39 Å². The zero-order chi connectivity index (χ0) is 21.2. The van der Waals surface area contributed by atoms with Crippen LogP contribution in [0.25, 0.3) is 11.0 Å². The Labute approximate surface area is 170 Å². The summed E-state index contributed by atoms with van der Waals surface area (Å²) in [6, 6.07) is 11.8. The number of fused-ring (bicyclic) bond motifs is 1. The molecule has 0 atom stereocenters. The van der Waals surface area contributed by atoms with Crippen molar-refractivity contribution in [3.05, 3.63) is 53.8 Å². The molecule has 1 aromatic heterocycles. The van der Waals surface area contributed by atoms with E-state index in [0.29, 0.717) is 35.7 Å². The number of carbonyl (C=O) groups excluding carboxylic acids is 1. The summed E-state index contributed by atoms with van der Waals surface area (Å²) < 4.78 is 38.1. The van der Waals surface area contributed by atoms with Gasteiger partial charge in [0, 0.05) is 24.2 Å². The molecule has 1 heterocycles. The molecule has 0 saturated carbocycles. The number of hydrogen-bond acceptors (Lipinski definition) is 5. The van der Waals surface area contributed by atoms with Gasteiger partial charge in [-0.1, -0.05) is 32.0 Å². The predicted molar refractivity (Wildman–Crippen MR) is 112 cm³/mol. The van der Waals surface area contributed by atoms with E-state index in [1.165, 1.54) is 17.5 Å².